The molecule has 0 aliphatic heterocycles. The van der Waals surface area contributed by atoms with Crippen LogP contribution in [0.3, 0.4) is 0 Å². The van der Waals surface area contributed by atoms with Gasteiger partial charge in [0.15, 0.2) is 12.4 Å². The van der Waals surface area contributed by atoms with E-state index >= 15 is 0 Å². The average molecular weight is 426 g/mol. The summed E-state index contributed by atoms with van der Waals surface area (Å²) in [6.45, 7) is 14.5. The van der Waals surface area contributed by atoms with E-state index in [0.717, 1.165) is 11.1 Å². The summed E-state index contributed by atoms with van der Waals surface area (Å²) >= 11 is 0. The summed E-state index contributed by atoms with van der Waals surface area (Å²) in [4.78, 5) is 3.65. The van der Waals surface area contributed by atoms with Gasteiger partial charge in [0.1, 0.15) is 25.2 Å². The second kappa shape index (κ2) is 7.77. The monoisotopic (exact) mass is 425 g/mol. The number of hydrogen-bond donors (Lipinski definition) is 0. The van der Waals surface area contributed by atoms with Crippen LogP contribution in [0.2, 0.25) is 0 Å². The van der Waals surface area contributed by atoms with E-state index in [1.165, 1.54) is 0 Å². The highest BCUT2D eigenvalue weighted by Gasteiger charge is 2.29. The maximum Gasteiger partial charge on any atom is 0.229 e. The Bertz CT molecular complexity index is 1070. The molecule has 5 heteroatoms. The molecule has 0 aliphatic carbocycles. The molecule has 0 fully saturated rings. The van der Waals surface area contributed by atoms with Crippen LogP contribution in [0, 0.1) is 18.8 Å². The number of halogens is 2. The summed E-state index contributed by atoms with van der Waals surface area (Å²) in [5.41, 5.74) is 4.70. The Morgan fingerprint density at radius 2 is 1.03 bits per heavy atom. The van der Waals surface area contributed by atoms with Crippen LogP contribution in [0.15, 0.2) is 36.7 Å². The normalized spacial score (nSPS) is 12.4. The fourth-order valence-corrected chi connectivity index (χ4v) is 3.85. The molecule has 0 bridgehead atoms. The molecule has 0 spiro atoms. The molecule has 3 aromatic heterocycles. The average Bonchev–Trinajstić information content (AvgIpc) is 2.62. The maximum absolute atomic E-state index is 15.0. The van der Waals surface area contributed by atoms with E-state index in [1.54, 1.807) is 6.92 Å². The topological polar surface area (TPSA) is 20.6 Å². The van der Waals surface area contributed by atoms with Gasteiger partial charge < -0.3 is 0 Å². The van der Waals surface area contributed by atoms with E-state index in [1.807, 2.05) is 59.9 Å². The van der Waals surface area contributed by atoms with Gasteiger partial charge in [-0.15, -0.1) is 0 Å². The molecule has 0 amide bonds. The lowest BCUT2D eigenvalue weighted by Crippen LogP contribution is -2.35. The van der Waals surface area contributed by atoms with Gasteiger partial charge in [-0.25, -0.2) is 9.13 Å². The predicted molar refractivity (Wildman–Crippen MR) is 120 cm³/mol. The Morgan fingerprint density at radius 1 is 0.677 bits per heavy atom. The summed E-state index contributed by atoms with van der Waals surface area (Å²) in [7, 11) is 3.76. The minimum Gasteiger partial charge on any atom is -0.201 e. The Balaban J connectivity index is 2.23. The van der Waals surface area contributed by atoms with Gasteiger partial charge in [-0.2, -0.15) is 13.8 Å². The van der Waals surface area contributed by atoms with E-state index in [4.69, 9.17) is 0 Å². The van der Waals surface area contributed by atoms with Crippen molar-refractivity contribution in [1.82, 2.24) is 4.98 Å². The largest absolute Gasteiger partial charge is 0.229 e. The van der Waals surface area contributed by atoms with Crippen molar-refractivity contribution >= 4 is 0 Å². The fraction of sp³-hybridized carbons (Fsp3) is 0.423. The molecule has 0 atom stereocenters. The fourth-order valence-electron chi connectivity index (χ4n) is 3.85. The molecule has 0 saturated carbocycles. The molecule has 3 heterocycles. The van der Waals surface area contributed by atoms with Crippen molar-refractivity contribution in [2.24, 2.45) is 14.1 Å². The number of rotatable bonds is 2. The Hall–Kier alpha value is -2.69. The van der Waals surface area contributed by atoms with Gasteiger partial charge in [-0.1, -0.05) is 41.5 Å². The van der Waals surface area contributed by atoms with E-state index in [0.29, 0.717) is 28.1 Å². The Labute approximate surface area is 184 Å². The molecule has 0 saturated heterocycles. The molecule has 0 unspecified atom stereocenters. The third-order valence-electron chi connectivity index (χ3n) is 5.87. The molecule has 3 rings (SSSR count). The molecular formula is C26H33F2N3+2. The first-order valence-electron chi connectivity index (χ1n) is 10.6. The van der Waals surface area contributed by atoms with Crippen LogP contribution in [0.25, 0.3) is 22.5 Å². The summed E-state index contributed by atoms with van der Waals surface area (Å²) in [6.07, 6.45) is 3.99. The van der Waals surface area contributed by atoms with Gasteiger partial charge in [0.2, 0.25) is 23.3 Å². The van der Waals surface area contributed by atoms with E-state index < -0.39 is 11.9 Å². The standard InChI is InChI=1S/C26H33F2N3/c1-16-21(19-12-10-17(14-30(19)8)25(2,3)4)23(27)29-24(28)22(16)20-13-11-18(15-31(20)9)26(5,6)7/h10-15H,1-9H3/q+2. The van der Waals surface area contributed by atoms with Crippen LogP contribution in [0.4, 0.5) is 8.78 Å². The smallest absolute Gasteiger partial charge is 0.201 e. The van der Waals surface area contributed by atoms with Crippen LogP contribution in [-0.2, 0) is 24.9 Å². The third-order valence-corrected chi connectivity index (χ3v) is 5.87. The zero-order valence-electron chi connectivity index (χ0n) is 20.1. The summed E-state index contributed by atoms with van der Waals surface area (Å²) in [5, 5.41) is 0. The van der Waals surface area contributed by atoms with Gasteiger partial charge >= 0.3 is 0 Å². The predicted octanol–water partition coefficient (Wildman–Crippen LogP) is 5.25. The minimum absolute atomic E-state index is 0.0291. The number of hydrogen-bond acceptors (Lipinski definition) is 1. The highest BCUT2D eigenvalue weighted by molar-refractivity contribution is 5.72. The summed E-state index contributed by atoms with van der Waals surface area (Å²) in [5.74, 6) is -1.60. The van der Waals surface area contributed by atoms with Crippen LogP contribution >= 0.6 is 0 Å². The van der Waals surface area contributed by atoms with E-state index in [-0.39, 0.29) is 10.8 Å². The van der Waals surface area contributed by atoms with Crippen LogP contribution in [-0.4, -0.2) is 4.98 Å². The zero-order chi connectivity index (χ0) is 23.3. The molecule has 31 heavy (non-hydrogen) atoms. The lowest BCUT2D eigenvalue weighted by atomic mass is 9.87. The van der Waals surface area contributed by atoms with Crippen molar-refractivity contribution in [1.29, 1.82) is 0 Å². The lowest BCUT2D eigenvalue weighted by Gasteiger charge is -2.18. The molecule has 0 aromatic carbocycles. The number of aryl methyl sites for hydroxylation is 2. The van der Waals surface area contributed by atoms with E-state index in [2.05, 4.69) is 46.5 Å². The van der Waals surface area contributed by atoms with E-state index in [9.17, 15) is 8.78 Å². The zero-order valence-corrected chi connectivity index (χ0v) is 20.1. The quantitative estimate of drug-likeness (QED) is 0.406. The molecule has 0 radical (unpaired) electrons. The van der Waals surface area contributed by atoms with Crippen molar-refractivity contribution in [3.8, 4) is 22.5 Å². The summed E-state index contributed by atoms with van der Waals surface area (Å²) < 4.78 is 33.7. The lowest BCUT2D eigenvalue weighted by molar-refractivity contribution is -0.661. The van der Waals surface area contributed by atoms with Gasteiger partial charge in [0, 0.05) is 23.3 Å². The highest BCUT2D eigenvalue weighted by atomic mass is 19.1. The maximum atomic E-state index is 15.0. The molecule has 0 N–H and O–H groups in total. The first-order valence-corrected chi connectivity index (χ1v) is 10.6. The molecule has 3 aromatic rings. The van der Waals surface area contributed by atoms with Crippen LogP contribution in [0.1, 0.15) is 58.2 Å². The van der Waals surface area contributed by atoms with Gasteiger partial charge in [0.25, 0.3) is 0 Å². The number of aromatic nitrogens is 3. The van der Waals surface area contributed by atoms with Crippen molar-refractivity contribution < 1.29 is 17.9 Å². The Morgan fingerprint density at radius 3 is 1.32 bits per heavy atom. The minimum atomic E-state index is -0.799. The number of nitrogens with zero attached hydrogens (tertiary/aromatic N) is 3. The van der Waals surface area contributed by atoms with Crippen molar-refractivity contribution in [2.75, 3.05) is 0 Å². The number of pyridine rings is 3. The van der Waals surface area contributed by atoms with Crippen molar-refractivity contribution in [3.05, 3.63) is 65.2 Å². The molecule has 164 valence electrons. The van der Waals surface area contributed by atoms with Gasteiger partial charge in [-0.05, 0) is 35.4 Å². The third kappa shape index (κ3) is 4.36. The first kappa shape index (κ1) is 23.0. The highest BCUT2D eigenvalue weighted by Crippen LogP contribution is 2.33. The second-order valence-electron chi connectivity index (χ2n) is 10.4. The first-order chi connectivity index (χ1) is 14.2. The van der Waals surface area contributed by atoms with Crippen molar-refractivity contribution in [2.45, 2.75) is 59.3 Å². The van der Waals surface area contributed by atoms with Gasteiger partial charge in [0.05, 0.1) is 0 Å². The van der Waals surface area contributed by atoms with Crippen LogP contribution < -0.4 is 9.13 Å². The van der Waals surface area contributed by atoms with Crippen LogP contribution in [0.5, 0.6) is 0 Å². The SMILES string of the molecule is Cc1c(-c2ccc(C(C)(C)C)c[n+]2C)c(F)nc(F)c1-c1ccc(C(C)(C)C)c[n+]1C. The molecule has 3 nitrogen and oxygen atoms in total. The molecular weight excluding hydrogens is 392 g/mol. The molecule has 0 aliphatic rings. The van der Waals surface area contributed by atoms with Crippen molar-refractivity contribution in [3.63, 3.8) is 0 Å². The summed E-state index contributed by atoms with van der Waals surface area (Å²) in [6, 6.07) is 7.76. The Kier molecular flexibility index (Phi) is 5.76. The van der Waals surface area contributed by atoms with Gasteiger partial charge in [-0.3, -0.25) is 0 Å². The second-order valence-corrected chi connectivity index (χ2v) is 10.4.